The van der Waals surface area contributed by atoms with Crippen LogP contribution in [0.1, 0.15) is 19.3 Å². The molecule has 2 aliphatic carbocycles. The Hall–Kier alpha value is -0.900. The van der Waals surface area contributed by atoms with E-state index >= 15 is 0 Å². The van der Waals surface area contributed by atoms with Gasteiger partial charge in [-0.2, -0.15) is 0 Å². The number of aliphatic hydroxyl groups excluding tert-OH is 1. The number of carbonyl (C=O) groups excluding carboxylic acids is 2. The van der Waals surface area contributed by atoms with Gasteiger partial charge in [0.25, 0.3) is 0 Å². The van der Waals surface area contributed by atoms with Gasteiger partial charge in [-0.3, -0.25) is 9.59 Å². The molecule has 15 heavy (non-hydrogen) atoms. The number of methoxy groups -OCH3 is 1. The van der Waals surface area contributed by atoms with E-state index in [1.54, 1.807) is 0 Å². The first-order chi connectivity index (χ1) is 7.17. The zero-order chi connectivity index (χ0) is 11.0. The van der Waals surface area contributed by atoms with Crippen LogP contribution >= 0.6 is 0 Å². The lowest BCUT2D eigenvalue weighted by Gasteiger charge is -2.26. The van der Waals surface area contributed by atoms with Crippen molar-refractivity contribution in [1.29, 1.82) is 0 Å². The van der Waals surface area contributed by atoms with Crippen molar-refractivity contribution < 1.29 is 19.4 Å². The molecule has 4 heteroatoms. The predicted molar refractivity (Wildman–Crippen MR) is 51.9 cm³/mol. The third-order valence-electron chi connectivity index (χ3n) is 3.89. The first-order valence-electron chi connectivity index (χ1n) is 5.38. The maximum Gasteiger partial charge on any atom is 0.308 e. The van der Waals surface area contributed by atoms with Gasteiger partial charge in [-0.15, -0.1) is 0 Å². The summed E-state index contributed by atoms with van der Waals surface area (Å²) in [6.45, 7) is -0.401. The molecule has 0 aliphatic heterocycles. The second-order valence-corrected chi connectivity index (χ2v) is 4.60. The smallest absolute Gasteiger partial charge is 0.308 e. The van der Waals surface area contributed by atoms with Gasteiger partial charge in [0.15, 0.2) is 5.78 Å². The molecule has 2 aliphatic rings. The highest BCUT2D eigenvalue weighted by atomic mass is 16.5. The van der Waals surface area contributed by atoms with Crippen molar-refractivity contribution in [2.75, 3.05) is 13.7 Å². The lowest BCUT2D eigenvalue weighted by molar-refractivity contribution is -0.148. The van der Waals surface area contributed by atoms with Gasteiger partial charge < -0.3 is 9.84 Å². The standard InChI is InChI=1S/C11H16O4/c1-15-11(14)9-4-6-2-7(9)8(3-6)10(13)5-12/h6-9,12H,2-5H2,1H3. The number of Topliss-reactive ketones (excluding diaryl/α,β-unsaturated/α-hetero) is 1. The number of fused-ring (bicyclic) bond motifs is 2. The molecule has 2 saturated carbocycles. The summed E-state index contributed by atoms with van der Waals surface area (Å²) in [5, 5.41) is 8.84. The molecule has 0 spiro atoms. The summed E-state index contributed by atoms with van der Waals surface area (Å²) >= 11 is 0. The molecular formula is C11H16O4. The molecule has 2 rings (SSSR count). The normalized spacial score (nSPS) is 38.0. The third kappa shape index (κ3) is 1.67. The van der Waals surface area contributed by atoms with E-state index in [-0.39, 0.29) is 29.5 Å². The molecule has 4 unspecified atom stereocenters. The Morgan fingerprint density at radius 3 is 2.47 bits per heavy atom. The Morgan fingerprint density at radius 2 is 1.93 bits per heavy atom. The number of esters is 1. The molecule has 4 nitrogen and oxygen atoms in total. The van der Waals surface area contributed by atoms with Crippen LogP contribution in [0.25, 0.3) is 0 Å². The summed E-state index contributed by atoms with van der Waals surface area (Å²) in [7, 11) is 1.39. The van der Waals surface area contributed by atoms with Crippen LogP contribution in [0.4, 0.5) is 0 Å². The SMILES string of the molecule is COC(=O)C1CC2CC(C(=O)CO)C1C2. The van der Waals surface area contributed by atoms with Gasteiger partial charge in [-0.25, -0.2) is 0 Å². The Morgan fingerprint density at radius 1 is 1.27 bits per heavy atom. The van der Waals surface area contributed by atoms with Crippen molar-refractivity contribution in [1.82, 2.24) is 0 Å². The second kappa shape index (κ2) is 3.93. The largest absolute Gasteiger partial charge is 0.469 e. The van der Waals surface area contributed by atoms with Crippen LogP contribution in [0.3, 0.4) is 0 Å². The fraction of sp³-hybridized carbons (Fsp3) is 0.818. The summed E-state index contributed by atoms with van der Waals surface area (Å²) in [6, 6.07) is 0. The second-order valence-electron chi connectivity index (χ2n) is 4.60. The lowest BCUT2D eigenvalue weighted by Crippen LogP contribution is -2.33. The van der Waals surface area contributed by atoms with Gasteiger partial charge in [0, 0.05) is 5.92 Å². The van der Waals surface area contributed by atoms with Crippen LogP contribution in [-0.2, 0) is 14.3 Å². The minimum Gasteiger partial charge on any atom is -0.469 e. The maximum atomic E-state index is 11.5. The number of hydrogen-bond donors (Lipinski definition) is 1. The van der Waals surface area contributed by atoms with Crippen molar-refractivity contribution in [2.24, 2.45) is 23.7 Å². The highest BCUT2D eigenvalue weighted by Gasteiger charge is 2.51. The fourth-order valence-electron chi connectivity index (χ4n) is 3.26. The number of ketones is 1. The number of carbonyl (C=O) groups is 2. The van der Waals surface area contributed by atoms with Crippen molar-refractivity contribution in [2.45, 2.75) is 19.3 Å². The van der Waals surface area contributed by atoms with Crippen molar-refractivity contribution >= 4 is 11.8 Å². The number of ether oxygens (including phenoxy) is 1. The fourth-order valence-corrected chi connectivity index (χ4v) is 3.26. The van der Waals surface area contributed by atoms with E-state index in [1.807, 2.05) is 0 Å². The molecule has 84 valence electrons. The molecule has 1 N–H and O–H groups in total. The van der Waals surface area contributed by atoms with Crippen molar-refractivity contribution in [3.05, 3.63) is 0 Å². The Bertz CT molecular complexity index is 260. The van der Waals surface area contributed by atoms with Crippen LogP contribution in [-0.4, -0.2) is 30.6 Å². The number of aliphatic hydroxyl groups is 1. The molecule has 0 heterocycles. The minimum absolute atomic E-state index is 0.113. The Kier molecular flexibility index (Phi) is 2.78. The van der Waals surface area contributed by atoms with Crippen LogP contribution < -0.4 is 0 Å². The van der Waals surface area contributed by atoms with E-state index in [9.17, 15) is 9.59 Å². The zero-order valence-electron chi connectivity index (χ0n) is 8.81. The summed E-state index contributed by atoms with van der Waals surface area (Å²) in [4.78, 5) is 22.9. The molecule has 0 radical (unpaired) electrons. The maximum absolute atomic E-state index is 11.5. The third-order valence-corrected chi connectivity index (χ3v) is 3.89. The molecule has 2 fully saturated rings. The summed E-state index contributed by atoms with van der Waals surface area (Å²) in [5.74, 6) is 0.0443. The summed E-state index contributed by atoms with van der Waals surface area (Å²) < 4.78 is 4.74. The van der Waals surface area contributed by atoms with Gasteiger partial charge >= 0.3 is 5.97 Å². The number of rotatable bonds is 3. The predicted octanol–water partition coefficient (Wildman–Crippen LogP) is 0.383. The van der Waals surface area contributed by atoms with E-state index in [4.69, 9.17) is 9.84 Å². The summed E-state index contributed by atoms with van der Waals surface area (Å²) in [5.41, 5.74) is 0. The Balaban J connectivity index is 2.09. The first-order valence-corrected chi connectivity index (χ1v) is 5.38. The molecule has 0 amide bonds. The average Bonchev–Trinajstić information content (AvgIpc) is 2.85. The van der Waals surface area contributed by atoms with Crippen LogP contribution in [0.15, 0.2) is 0 Å². The van der Waals surface area contributed by atoms with Gasteiger partial charge in [-0.1, -0.05) is 0 Å². The minimum atomic E-state index is -0.401. The summed E-state index contributed by atoms with van der Waals surface area (Å²) in [6.07, 6.45) is 2.64. The van der Waals surface area contributed by atoms with Crippen LogP contribution in [0.5, 0.6) is 0 Å². The van der Waals surface area contributed by atoms with Crippen molar-refractivity contribution in [3.63, 3.8) is 0 Å². The van der Waals surface area contributed by atoms with E-state index in [0.717, 1.165) is 19.3 Å². The monoisotopic (exact) mass is 212 g/mol. The van der Waals surface area contributed by atoms with Crippen molar-refractivity contribution in [3.8, 4) is 0 Å². The van der Waals surface area contributed by atoms with Gasteiger partial charge in [0.2, 0.25) is 0 Å². The lowest BCUT2D eigenvalue weighted by atomic mass is 9.78. The molecular weight excluding hydrogens is 196 g/mol. The molecule has 4 atom stereocenters. The quantitative estimate of drug-likeness (QED) is 0.687. The average molecular weight is 212 g/mol. The van der Waals surface area contributed by atoms with E-state index < -0.39 is 6.61 Å². The number of hydrogen-bond acceptors (Lipinski definition) is 4. The van der Waals surface area contributed by atoms with Gasteiger partial charge in [-0.05, 0) is 31.1 Å². The van der Waals surface area contributed by atoms with E-state index in [1.165, 1.54) is 7.11 Å². The molecule has 2 bridgehead atoms. The molecule has 0 saturated heterocycles. The molecule has 0 aromatic carbocycles. The van der Waals surface area contributed by atoms with Crippen LogP contribution in [0.2, 0.25) is 0 Å². The van der Waals surface area contributed by atoms with E-state index in [2.05, 4.69) is 0 Å². The van der Waals surface area contributed by atoms with Crippen LogP contribution in [0, 0.1) is 23.7 Å². The zero-order valence-corrected chi connectivity index (χ0v) is 8.81. The highest BCUT2D eigenvalue weighted by Crippen LogP contribution is 2.52. The topological polar surface area (TPSA) is 63.6 Å². The first kappa shape index (κ1) is 10.6. The highest BCUT2D eigenvalue weighted by molar-refractivity contribution is 5.84. The van der Waals surface area contributed by atoms with Gasteiger partial charge in [0.05, 0.1) is 13.0 Å². The van der Waals surface area contributed by atoms with E-state index in [0.29, 0.717) is 5.92 Å². The molecule has 0 aromatic rings. The molecule has 0 aromatic heterocycles. The Labute approximate surface area is 88.6 Å². The van der Waals surface area contributed by atoms with Gasteiger partial charge in [0.1, 0.15) is 6.61 Å².